The van der Waals surface area contributed by atoms with Crippen LogP contribution in [-0.2, 0) is 4.79 Å². The van der Waals surface area contributed by atoms with E-state index in [-0.39, 0.29) is 12.5 Å². The Morgan fingerprint density at radius 1 is 1.56 bits per heavy atom. The number of alkyl halides is 3. The predicted molar refractivity (Wildman–Crippen MR) is 60.1 cm³/mol. The molecule has 0 heterocycles. The molecule has 3 N–H and O–H groups in total. The maximum atomic E-state index is 12.1. The Labute approximate surface area is 104 Å². The highest BCUT2D eigenvalue weighted by Crippen LogP contribution is 2.36. The largest absolute Gasteiger partial charge is 0.480 e. The third-order valence-corrected chi connectivity index (χ3v) is 3.58. The monoisotopic (exact) mass is 268 g/mol. The van der Waals surface area contributed by atoms with Crippen LogP contribution in [0.1, 0.15) is 25.7 Å². The van der Waals surface area contributed by atoms with Gasteiger partial charge in [0.25, 0.3) is 0 Å². The van der Waals surface area contributed by atoms with Gasteiger partial charge in [-0.1, -0.05) is 6.42 Å². The number of nitrogens with two attached hydrogens (primary N) is 1. The summed E-state index contributed by atoms with van der Waals surface area (Å²) in [6.07, 6.45) is -2.05. The van der Waals surface area contributed by atoms with Gasteiger partial charge in [-0.3, -0.25) is 9.69 Å². The molecule has 0 aromatic heterocycles. The van der Waals surface area contributed by atoms with E-state index in [9.17, 15) is 18.0 Å². The van der Waals surface area contributed by atoms with Gasteiger partial charge < -0.3 is 10.8 Å². The van der Waals surface area contributed by atoms with Crippen LogP contribution in [0, 0.1) is 5.92 Å². The van der Waals surface area contributed by atoms with Gasteiger partial charge in [-0.2, -0.15) is 13.2 Å². The van der Waals surface area contributed by atoms with Crippen LogP contribution in [-0.4, -0.2) is 47.8 Å². The fraction of sp³-hybridized carbons (Fsp3) is 0.909. The predicted octanol–water partition coefficient (Wildman–Crippen LogP) is 1.45. The Kier molecular flexibility index (Phi) is 4.61. The van der Waals surface area contributed by atoms with Gasteiger partial charge in [0.15, 0.2) is 0 Å². The van der Waals surface area contributed by atoms with Crippen LogP contribution in [0.15, 0.2) is 0 Å². The lowest BCUT2D eigenvalue weighted by Crippen LogP contribution is -2.51. The molecule has 18 heavy (non-hydrogen) atoms. The number of rotatable bonds is 5. The molecule has 0 aromatic rings. The highest BCUT2D eigenvalue weighted by Gasteiger charge is 2.45. The van der Waals surface area contributed by atoms with Crippen LogP contribution in [0.25, 0.3) is 0 Å². The normalized spacial score (nSPS) is 28.9. The van der Waals surface area contributed by atoms with E-state index in [1.54, 1.807) is 0 Å². The SMILES string of the molecule is CN(CCC1CCCC1(N)C(=O)O)CC(F)(F)F. The van der Waals surface area contributed by atoms with Crippen molar-refractivity contribution >= 4 is 5.97 Å². The second kappa shape index (κ2) is 5.44. The molecule has 0 aliphatic heterocycles. The number of hydrogen-bond acceptors (Lipinski definition) is 3. The van der Waals surface area contributed by atoms with Crippen LogP contribution in [0.2, 0.25) is 0 Å². The van der Waals surface area contributed by atoms with Crippen molar-refractivity contribution in [2.45, 2.75) is 37.4 Å². The molecular weight excluding hydrogens is 249 g/mol. The summed E-state index contributed by atoms with van der Waals surface area (Å²) in [5.74, 6) is -1.30. The number of carboxylic acids is 1. The average Bonchev–Trinajstić information content (AvgIpc) is 2.55. The maximum Gasteiger partial charge on any atom is 0.401 e. The molecule has 7 heteroatoms. The fourth-order valence-corrected chi connectivity index (χ4v) is 2.55. The zero-order chi connectivity index (χ0) is 14.0. The molecule has 0 spiro atoms. The molecule has 1 aliphatic rings. The minimum Gasteiger partial charge on any atom is -0.480 e. The van der Waals surface area contributed by atoms with Crippen molar-refractivity contribution in [3.05, 3.63) is 0 Å². The van der Waals surface area contributed by atoms with Gasteiger partial charge in [0, 0.05) is 0 Å². The number of carboxylic acid groups (broad SMARTS) is 1. The van der Waals surface area contributed by atoms with Gasteiger partial charge in [0.05, 0.1) is 6.54 Å². The number of hydrogen-bond donors (Lipinski definition) is 2. The summed E-state index contributed by atoms with van der Waals surface area (Å²) in [5, 5.41) is 9.08. The molecule has 0 amide bonds. The molecule has 0 bridgehead atoms. The van der Waals surface area contributed by atoms with Gasteiger partial charge in [-0.25, -0.2) is 0 Å². The number of nitrogens with zero attached hydrogens (tertiary/aromatic N) is 1. The number of aliphatic carboxylic acids is 1. The standard InChI is InChI=1S/C11H19F3N2O2/c1-16(7-11(12,13)14)6-4-8-3-2-5-10(8,15)9(17)18/h8H,2-7,15H2,1H3,(H,17,18). The van der Waals surface area contributed by atoms with E-state index in [1.807, 2.05) is 0 Å². The van der Waals surface area contributed by atoms with Crippen LogP contribution >= 0.6 is 0 Å². The molecule has 2 atom stereocenters. The van der Waals surface area contributed by atoms with Crippen LogP contribution < -0.4 is 5.73 Å². The van der Waals surface area contributed by atoms with Gasteiger partial charge in [0.1, 0.15) is 5.54 Å². The Balaban J connectivity index is 2.46. The van der Waals surface area contributed by atoms with Crippen molar-refractivity contribution in [3.63, 3.8) is 0 Å². The summed E-state index contributed by atoms with van der Waals surface area (Å²) < 4.78 is 36.4. The zero-order valence-electron chi connectivity index (χ0n) is 10.3. The lowest BCUT2D eigenvalue weighted by Gasteiger charge is -2.28. The van der Waals surface area contributed by atoms with Gasteiger partial charge >= 0.3 is 12.1 Å². The number of carbonyl (C=O) groups is 1. The van der Waals surface area contributed by atoms with E-state index in [4.69, 9.17) is 10.8 Å². The first kappa shape index (κ1) is 15.2. The third kappa shape index (κ3) is 3.84. The molecule has 1 aliphatic carbocycles. The minimum atomic E-state index is -4.23. The molecule has 0 aromatic carbocycles. The van der Waals surface area contributed by atoms with E-state index < -0.39 is 24.2 Å². The van der Waals surface area contributed by atoms with Crippen molar-refractivity contribution in [1.29, 1.82) is 0 Å². The molecule has 0 radical (unpaired) electrons. The smallest absolute Gasteiger partial charge is 0.401 e. The Bertz CT molecular complexity index is 309. The van der Waals surface area contributed by atoms with E-state index in [0.29, 0.717) is 19.3 Å². The Hall–Kier alpha value is -0.820. The van der Waals surface area contributed by atoms with E-state index in [0.717, 1.165) is 11.3 Å². The van der Waals surface area contributed by atoms with Crippen LogP contribution in [0.3, 0.4) is 0 Å². The van der Waals surface area contributed by atoms with E-state index in [2.05, 4.69) is 0 Å². The van der Waals surface area contributed by atoms with Gasteiger partial charge in [-0.05, 0) is 38.8 Å². The van der Waals surface area contributed by atoms with E-state index in [1.165, 1.54) is 7.05 Å². The maximum absolute atomic E-state index is 12.1. The quantitative estimate of drug-likeness (QED) is 0.792. The highest BCUT2D eigenvalue weighted by atomic mass is 19.4. The molecule has 106 valence electrons. The minimum absolute atomic E-state index is 0.205. The Morgan fingerprint density at radius 2 is 2.17 bits per heavy atom. The van der Waals surface area contributed by atoms with Crippen molar-refractivity contribution in [3.8, 4) is 0 Å². The fourth-order valence-electron chi connectivity index (χ4n) is 2.55. The molecule has 1 saturated carbocycles. The summed E-state index contributed by atoms with van der Waals surface area (Å²) >= 11 is 0. The summed E-state index contributed by atoms with van der Waals surface area (Å²) in [7, 11) is 1.38. The molecular formula is C11H19F3N2O2. The topological polar surface area (TPSA) is 66.6 Å². The summed E-state index contributed by atoms with van der Waals surface area (Å²) in [4.78, 5) is 12.2. The summed E-state index contributed by atoms with van der Waals surface area (Å²) in [5.41, 5.74) is 4.55. The summed E-state index contributed by atoms with van der Waals surface area (Å²) in [6, 6.07) is 0. The highest BCUT2D eigenvalue weighted by molar-refractivity contribution is 5.79. The van der Waals surface area contributed by atoms with Crippen molar-refractivity contribution in [2.75, 3.05) is 20.1 Å². The molecule has 4 nitrogen and oxygen atoms in total. The van der Waals surface area contributed by atoms with Crippen molar-refractivity contribution in [2.24, 2.45) is 11.7 Å². The van der Waals surface area contributed by atoms with Crippen molar-refractivity contribution in [1.82, 2.24) is 4.90 Å². The Morgan fingerprint density at radius 3 is 2.67 bits per heavy atom. The summed E-state index contributed by atoms with van der Waals surface area (Å²) in [6.45, 7) is -0.777. The lowest BCUT2D eigenvalue weighted by molar-refractivity contribution is -0.147. The lowest BCUT2D eigenvalue weighted by atomic mass is 9.85. The third-order valence-electron chi connectivity index (χ3n) is 3.58. The first-order valence-electron chi connectivity index (χ1n) is 5.93. The van der Waals surface area contributed by atoms with Crippen molar-refractivity contribution < 1.29 is 23.1 Å². The van der Waals surface area contributed by atoms with Gasteiger partial charge in [-0.15, -0.1) is 0 Å². The molecule has 1 rings (SSSR count). The number of halogens is 3. The van der Waals surface area contributed by atoms with Gasteiger partial charge in [0.2, 0.25) is 0 Å². The first-order chi connectivity index (χ1) is 8.15. The van der Waals surface area contributed by atoms with Crippen LogP contribution in [0.5, 0.6) is 0 Å². The molecule has 0 saturated heterocycles. The van der Waals surface area contributed by atoms with Crippen LogP contribution in [0.4, 0.5) is 13.2 Å². The first-order valence-corrected chi connectivity index (χ1v) is 5.93. The average molecular weight is 268 g/mol. The molecule has 2 unspecified atom stereocenters. The second-order valence-corrected chi connectivity index (χ2v) is 5.08. The second-order valence-electron chi connectivity index (χ2n) is 5.08. The molecule has 1 fully saturated rings. The zero-order valence-corrected chi connectivity index (χ0v) is 10.3. The van der Waals surface area contributed by atoms with E-state index >= 15 is 0 Å².